The van der Waals surface area contributed by atoms with Crippen molar-refractivity contribution in [1.82, 2.24) is 25.2 Å². The van der Waals surface area contributed by atoms with Gasteiger partial charge in [-0.1, -0.05) is 0 Å². The van der Waals surface area contributed by atoms with E-state index in [9.17, 15) is 18.4 Å². The molecule has 3 aromatic rings. The van der Waals surface area contributed by atoms with Crippen LogP contribution in [0.1, 0.15) is 16.8 Å². The van der Waals surface area contributed by atoms with Gasteiger partial charge in [0, 0.05) is 42.2 Å². The summed E-state index contributed by atoms with van der Waals surface area (Å²) >= 11 is 0. The third-order valence-corrected chi connectivity index (χ3v) is 4.96. The van der Waals surface area contributed by atoms with E-state index in [1.165, 1.54) is 18.5 Å². The fourth-order valence-corrected chi connectivity index (χ4v) is 3.55. The molecule has 0 aliphatic carbocycles. The lowest BCUT2D eigenvalue weighted by atomic mass is 10.00. The average Bonchev–Trinajstić information content (AvgIpc) is 3.35. The van der Waals surface area contributed by atoms with E-state index >= 15 is 0 Å². The van der Waals surface area contributed by atoms with Crippen LogP contribution in [0.3, 0.4) is 0 Å². The highest BCUT2D eigenvalue weighted by Crippen LogP contribution is 2.32. The molecule has 1 fully saturated rings. The number of pyridine rings is 2. The van der Waals surface area contributed by atoms with Crippen LogP contribution < -0.4 is 5.32 Å². The molecule has 3 aromatic heterocycles. The Kier molecular flexibility index (Phi) is 4.87. The SMILES string of the molecule is N#CC1CC(F)(F)CN1C(=O)CNC(=O)c1ccncc1-c1ccnc2[nH]ccc12. The number of amides is 2. The summed E-state index contributed by atoms with van der Waals surface area (Å²) in [6, 6.07) is 5.59. The van der Waals surface area contributed by atoms with Gasteiger partial charge in [-0.25, -0.2) is 13.8 Å². The van der Waals surface area contributed by atoms with Gasteiger partial charge in [0.05, 0.1) is 24.7 Å². The molecular formula is C20H16F2N6O2. The highest BCUT2D eigenvalue weighted by atomic mass is 19.3. The molecule has 0 aromatic carbocycles. The van der Waals surface area contributed by atoms with Crippen molar-refractivity contribution in [3.05, 3.63) is 48.5 Å². The van der Waals surface area contributed by atoms with Gasteiger partial charge in [0.2, 0.25) is 5.91 Å². The third kappa shape index (κ3) is 3.57. The number of alkyl halides is 2. The van der Waals surface area contributed by atoms with Crippen molar-refractivity contribution in [2.75, 3.05) is 13.1 Å². The minimum absolute atomic E-state index is 0.273. The molecule has 0 radical (unpaired) electrons. The zero-order chi connectivity index (χ0) is 21.3. The topological polar surface area (TPSA) is 115 Å². The molecule has 0 bridgehead atoms. The van der Waals surface area contributed by atoms with Gasteiger partial charge in [-0.2, -0.15) is 5.26 Å². The molecule has 1 unspecified atom stereocenters. The summed E-state index contributed by atoms with van der Waals surface area (Å²) in [4.78, 5) is 37.2. The first-order chi connectivity index (χ1) is 14.4. The quantitative estimate of drug-likeness (QED) is 0.684. The van der Waals surface area contributed by atoms with Crippen molar-refractivity contribution in [3.8, 4) is 17.2 Å². The Labute approximate surface area is 169 Å². The van der Waals surface area contributed by atoms with Crippen molar-refractivity contribution in [2.45, 2.75) is 18.4 Å². The minimum Gasteiger partial charge on any atom is -0.346 e. The standard InChI is InChI=1S/C20H16F2N6O2/c21-20(22)7-12(8-23)28(11-20)17(29)10-27-19(30)15-1-4-24-9-16(15)13-2-5-25-18-14(13)3-6-26-18/h1-6,9,12H,7,10-11H2,(H,25,26)(H,27,30). The van der Waals surface area contributed by atoms with E-state index < -0.39 is 43.3 Å². The largest absolute Gasteiger partial charge is 0.346 e. The molecule has 1 atom stereocenters. The molecule has 2 amide bonds. The molecule has 10 heteroatoms. The molecule has 1 aliphatic heterocycles. The van der Waals surface area contributed by atoms with E-state index in [4.69, 9.17) is 5.26 Å². The highest BCUT2D eigenvalue weighted by molar-refractivity contribution is 6.05. The Balaban J connectivity index is 1.54. The number of fused-ring (bicyclic) bond motifs is 1. The highest BCUT2D eigenvalue weighted by Gasteiger charge is 2.47. The van der Waals surface area contributed by atoms with Crippen LogP contribution >= 0.6 is 0 Å². The molecule has 1 saturated heterocycles. The molecule has 30 heavy (non-hydrogen) atoms. The van der Waals surface area contributed by atoms with Crippen molar-refractivity contribution >= 4 is 22.8 Å². The molecule has 8 nitrogen and oxygen atoms in total. The van der Waals surface area contributed by atoms with Gasteiger partial charge in [-0.3, -0.25) is 14.6 Å². The number of H-pyrrole nitrogens is 1. The van der Waals surface area contributed by atoms with Gasteiger partial charge in [-0.15, -0.1) is 0 Å². The maximum atomic E-state index is 13.6. The van der Waals surface area contributed by atoms with Crippen LogP contribution in [0.5, 0.6) is 0 Å². The Morgan fingerprint density at radius 1 is 1.30 bits per heavy atom. The fraction of sp³-hybridized carbons (Fsp3) is 0.250. The zero-order valence-electron chi connectivity index (χ0n) is 15.6. The molecule has 152 valence electrons. The minimum atomic E-state index is -3.11. The van der Waals surface area contributed by atoms with Crippen LogP contribution in [-0.4, -0.2) is 56.7 Å². The summed E-state index contributed by atoms with van der Waals surface area (Å²) in [6.45, 7) is -1.33. The van der Waals surface area contributed by atoms with Crippen molar-refractivity contribution in [2.24, 2.45) is 0 Å². The number of nitriles is 1. The summed E-state index contributed by atoms with van der Waals surface area (Å²) < 4.78 is 27.1. The second-order valence-corrected chi connectivity index (χ2v) is 6.93. The number of carbonyl (C=O) groups is 2. The van der Waals surface area contributed by atoms with Crippen LogP contribution in [0.25, 0.3) is 22.2 Å². The number of aromatic nitrogens is 3. The van der Waals surface area contributed by atoms with E-state index in [2.05, 4.69) is 20.3 Å². The molecule has 2 N–H and O–H groups in total. The number of likely N-dealkylation sites (tertiary alicyclic amines) is 1. The Morgan fingerprint density at radius 3 is 2.93 bits per heavy atom. The molecule has 1 aliphatic rings. The molecule has 4 heterocycles. The Bertz CT molecular complexity index is 1170. The number of nitrogens with one attached hydrogen (secondary N) is 2. The Morgan fingerprint density at radius 2 is 2.13 bits per heavy atom. The van der Waals surface area contributed by atoms with Crippen LogP contribution in [0.2, 0.25) is 0 Å². The number of hydrogen-bond donors (Lipinski definition) is 2. The smallest absolute Gasteiger partial charge is 0.268 e. The average molecular weight is 410 g/mol. The Hall–Kier alpha value is -3.87. The van der Waals surface area contributed by atoms with Crippen LogP contribution in [0.4, 0.5) is 8.78 Å². The predicted molar refractivity (Wildman–Crippen MR) is 102 cm³/mol. The lowest BCUT2D eigenvalue weighted by Gasteiger charge is -2.19. The fourth-order valence-electron chi connectivity index (χ4n) is 3.55. The summed E-state index contributed by atoms with van der Waals surface area (Å²) in [5.74, 6) is -4.40. The van der Waals surface area contributed by atoms with Gasteiger partial charge in [0.25, 0.3) is 11.8 Å². The third-order valence-electron chi connectivity index (χ3n) is 4.96. The molecule has 0 saturated carbocycles. The number of nitrogens with zero attached hydrogens (tertiary/aromatic N) is 4. The summed E-state index contributed by atoms with van der Waals surface area (Å²) in [6.07, 6.45) is 5.61. The van der Waals surface area contributed by atoms with Crippen molar-refractivity contribution in [1.29, 1.82) is 5.26 Å². The molecule has 0 spiro atoms. The summed E-state index contributed by atoms with van der Waals surface area (Å²) in [5, 5.41) is 12.3. The molecular weight excluding hydrogens is 394 g/mol. The van der Waals surface area contributed by atoms with Crippen molar-refractivity contribution < 1.29 is 18.4 Å². The van der Waals surface area contributed by atoms with E-state index in [0.29, 0.717) is 11.2 Å². The van der Waals surface area contributed by atoms with Crippen LogP contribution in [-0.2, 0) is 4.79 Å². The number of halogens is 2. The predicted octanol–water partition coefficient (Wildman–Crippen LogP) is 2.11. The maximum Gasteiger partial charge on any atom is 0.268 e. The first-order valence-electron chi connectivity index (χ1n) is 9.11. The van der Waals surface area contributed by atoms with Crippen molar-refractivity contribution in [3.63, 3.8) is 0 Å². The van der Waals surface area contributed by atoms with Crippen LogP contribution in [0, 0.1) is 11.3 Å². The first-order valence-corrected chi connectivity index (χ1v) is 9.11. The van der Waals surface area contributed by atoms with Gasteiger partial charge in [-0.05, 0) is 23.8 Å². The van der Waals surface area contributed by atoms with Gasteiger partial charge in [0.15, 0.2) is 0 Å². The van der Waals surface area contributed by atoms with E-state index in [1.54, 1.807) is 24.5 Å². The summed E-state index contributed by atoms with van der Waals surface area (Å²) in [7, 11) is 0. The second kappa shape index (κ2) is 7.51. The second-order valence-electron chi connectivity index (χ2n) is 6.93. The molecule has 4 rings (SSSR count). The normalized spacial score (nSPS) is 17.6. The number of carbonyl (C=O) groups excluding carboxylic acids is 2. The maximum absolute atomic E-state index is 13.6. The number of aromatic amines is 1. The first kappa shape index (κ1) is 19.4. The lowest BCUT2D eigenvalue weighted by molar-refractivity contribution is -0.131. The zero-order valence-corrected chi connectivity index (χ0v) is 15.6. The van der Waals surface area contributed by atoms with E-state index in [-0.39, 0.29) is 5.56 Å². The van der Waals surface area contributed by atoms with E-state index in [1.807, 2.05) is 6.07 Å². The van der Waals surface area contributed by atoms with Gasteiger partial charge in [0.1, 0.15) is 11.7 Å². The monoisotopic (exact) mass is 410 g/mol. The lowest BCUT2D eigenvalue weighted by Crippen LogP contribution is -2.43. The van der Waals surface area contributed by atoms with E-state index in [0.717, 1.165) is 15.8 Å². The van der Waals surface area contributed by atoms with Gasteiger partial charge < -0.3 is 15.2 Å². The van der Waals surface area contributed by atoms with Crippen LogP contribution in [0.15, 0.2) is 43.0 Å². The number of hydrogen-bond acceptors (Lipinski definition) is 5. The summed E-state index contributed by atoms with van der Waals surface area (Å²) in [5.41, 5.74) is 2.19. The van der Waals surface area contributed by atoms with Gasteiger partial charge >= 0.3 is 0 Å². The number of rotatable bonds is 4.